The van der Waals surface area contributed by atoms with E-state index in [2.05, 4.69) is 10.1 Å². The highest BCUT2D eigenvalue weighted by Crippen LogP contribution is 2.23. The molecule has 0 radical (unpaired) electrons. The lowest BCUT2D eigenvalue weighted by Crippen LogP contribution is -2.12. The van der Waals surface area contributed by atoms with Gasteiger partial charge < -0.3 is 15.0 Å². The van der Waals surface area contributed by atoms with E-state index < -0.39 is 0 Å². The fourth-order valence-corrected chi connectivity index (χ4v) is 1.91. The number of methoxy groups -OCH3 is 1. The van der Waals surface area contributed by atoms with Crippen LogP contribution in [0, 0.1) is 0 Å². The van der Waals surface area contributed by atoms with Crippen LogP contribution in [-0.4, -0.2) is 23.9 Å². The van der Waals surface area contributed by atoms with Crippen LogP contribution in [0.3, 0.4) is 0 Å². The number of hydrogen-bond acceptors (Lipinski definition) is 6. The standard InChI is InChI=1S/C10H13N3O2S/c1-14-5-4-7(11)10-12-9(13-15-10)8-3-2-6-16-8/h2-3,6-7H,4-5,11H2,1H3. The topological polar surface area (TPSA) is 74.2 Å². The average molecular weight is 239 g/mol. The fourth-order valence-electron chi connectivity index (χ4n) is 1.26. The van der Waals surface area contributed by atoms with Crippen molar-refractivity contribution in [3.63, 3.8) is 0 Å². The van der Waals surface area contributed by atoms with Gasteiger partial charge in [-0.3, -0.25) is 0 Å². The highest BCUT2D eigenvalue weighted by molar-refractivity contribution is 7.13. The van der Waals surface area contributed by atoms with Gasteiger partial charge in [0.05, 0.1) is 10.9 Å². The molecule has 2 heterocycles. The Morgan fingerprint density at radius 2 is 2.50 bits per heavy atom. The van der Waals surface area contributed by atoms with E-state index in [1.807, 2.05) is 17.5 Å². The zero-order chi connectivity index (χ0) is 11.4. The van der Waals surface area contributed by atoms with Gasteiger partial charge in [-0.15, -0.1) is 11.3 Å². The fraction of sp³-hybridized carbons (Fsp3) is 0.400. The molecule has 2 N–H and O–H groups in total. The Kier molecular flexibility index (Phi) is 3.66. The van der Waals surface area contributed by atoms with Crippen molar-refractivity contribution in [1.29, 1.82) is 0 Å². The van der Waals surface area contributed by atoms with Crippen molar-refractivity contribution in [1.82, 2.24) is 10.1 Å². The zero-order valence-electron chi connectivity index (χ0n) is 8.92. The molecule has 16 heavy (non-hydrogen) atoms. The Labute approximate surface area is 97.2 Å². The number of nitrogens with zero attached hydrogens (tertiary/aromatic N) is 2. The number of hydrogen-bond donors (Lipinski definition) is 1. The highest BCUT2D eigenvalue weighted by Gasteiger charge is 2.15. The van der Waals surface area contributed by atoms with Gasteiger partial charge in [-0.05, 0) is 17.9 Å². The van der Waals surface area contributed by atoms with Crippen LogP contribution >= 0.6 is 11.3 Å². The van der Waals surface area contributed by atoms with E-state index in [-0.39, 0.29) is 6.04 Å². The lowest BCUT2D eigenvalue weighted by atomic mass is 10.2. The molecule has 86 valence electrons. The van der Waals surface area contributed by atoms with E-state index in [1.165, 1.54) is 0 Å². The molecule has 0 fully saturated rings. The van der Waals surface area contributed by atoms with Crippen molar-refractivity contribution in [2.24, 2.45) is 5.73 Å². The molecule has 0 bridgehead atoms. The van der Waals surface area contributed by atoms with Gasteiger partial charge in [0.1, 0.15) is 0 Å². The Bertz CT molecular complexity index is 427. The summed E-state index contributed by atoms with van der Waals surface area (Å²) in [4.78, 5) is 5.24. The molecule has 5 nitrogen and oxygen atoms in total. The second-order valence-corrected chi connectivity index (χ2v) is 4.27. The number of rotatable bonds is 5. The molecule has 0 amide bonds. The number of aromatic nitrogens is 2. The molecule has 0 aliphatic heterocycles. The Balaban J connectivity index is 2.07. The summed E-state index contributed by atoms with van der Waals surface area (Å²) in [5, 5.41) is 5.86. The molecule has 0 saturated heterocycles. The second-order valence-electron chi connectivity index (χ2n) is 3.32. The van der Waals surface area contributed by atoms with Gasteiger partial charge in [0.2, 0.25) is 11.7 Å². The van der Waals surface area contributed by atoms with Crippen LogP contribution in [0.1, 0.15) is 18.4 Å². The zero-order valence-corrected chi connectivity index (χ0v) is 9.74. The first kappa shape index (κ1) is 11.3. The third-order valence-corrected chi connectivity index (χ3v) is 3.00. The lowest BCUT2D eigenvalue weighted by Gasteiger charge is -2.03. The van der Waals surface area contributed by atoms with Gasteiger partial charge in [0.25, 0.3) is 0 Å². The molecule has 0 spiro atoms. The molecule has 0 aliphatic carbocycles. The molecule has 2 rings (SSSR count). The summed E-state index contributed by atoms with van der Waals surface area (Å²) in [6.45, 7) is 0.581. The molecule has 1 unspecified atom stereocenters. The summed E-state index contributed by atoms with van der Waals surface area (Å²) < 4.78 is 10.1. The van der Waals surface area contributed by atoms with E-state index in [1.54, 1.807) is 18.4 Å². The van der Waals surface area contributed by atoms with Gasteiger partial charge in [0, 0.05) is 13.7 Å². The minimum absolute atomic E-state index is 0.263. The summed E-state index contributed by atoms with van der Waals surface area (Å²) in [5.74, 6) is 1.05. The largest absolute Gasteiger partial charge is 0.385 e. The number of ether oxygens (including phenoxy) is 1. The number of nitrogens with two attached hydrogens (primary N) is 1. The highest BCUT2D eigenvalue weighted by atomic mass is 32.1. The Hall–Kier alpha value is -1.24. The molecule has 0 aliphatic rings. The summed E-state index contributed by atoms with van der Waals surface area (Å²) >= 11 is 1.57. The van der Waals surface area contributed by atoms with Crippen molar-refractivity contribution in [2.45, 2.75) is 12.5 Å². The van der Waals surface area contributed by atoms with Crippen LogP contribution < -0.4 is 5.73 Å². The van der Waals surface area contributed by atoms with E-state index in [9.17, 15) is 0 Å². The van der Waals surface area contributed by atoms with Crippen LogP contribution in [0.4, 0.5) is 0 Å². The van der Waals surface area contributed by atoms with E-state index >= 15 is 0 Å². The van der Waals surface area contributed by atoms with Crippen molar-refractivity contribution in [3.8, 4) is 10.7 Å². The van der Waals surface area contributed by atoms with Crippen molar-refractivity contribution >= 4 is 11.3 Å². The molecule has 2 aromatic rings. The minimum Gasteiger partial charge on any atom is -0.385 e. The maximum absolute atomic E-state index is 5.87. The monoisotopic (exact) mass is 239 g/mol. The van der Waals surface area contributed by atoms with Gasteiger partial charge in [0.15, 0.2) is 0 Å². The molecular formula is C10H13N3O2S. The van der Waals surface area contributed by atoms with Crippen LogP contribution in [0.5, 0.6) is 0 Å². The van der Waals surface area contributed by atoms with Crippen LogP contribution in [0.15, 0.2) is 22.0 Å². The first-order valence-corrected chi connectivity index (χ1v) is 5.81. The van der Waals surface area contributed by atoms with E-state index in [4.69, 9.17) is 15.0 Å². The van der Waals surface area contributed by atoms with Crippen LogP contribution in [0.2, 0.25) is 0 Å². The predicted octanol–water partition coefficient (Wildman–Crippen LogP) is 1.83. The maximum Gasteiger partial charge on any atom is 0.243 e. The first-order valence-electron chi connectivity index (χ1n) is 4.93. The molecule has 0 saturated carbocycles. The molecule has 1 atom stereocenters. The summed E-state index contributed by atoms with van der Waals surface area (Å²) in [5.41, 5.74) is 5.87. The summed E-state index contributed by atoms with van der Waals surface area (Å²) in [7, 11) is 1.64. The molecule has 2 aromatic heterocycles. The Morgan fingerprint density at radius 3 is 3.19 bits per heavy atom. The SMILES string of the molecule is COCCC(N)c1nc(-c2cccs2)no1. The lowest BCUT2D eigenvalue weighted by molar-refractivity contribution is 0.182. The second kappa shape index (κ2) is 5.20. The summed E-state index contributed by atoms with van der Waals surface area (Å²) in [6, 6.07) is 3.63. The minimum atomic E-state index is -0.263. The normalized spacial score (nSPS) is 12.9. The van der Waals surface area contributed by atoms with E-state index in [0.717, 1.165) is 4.88 Å². The summed E-state index contributed by atoms with van der Waals surface area (Å²) in [6.07, 6.45) is 0.669. The van der Waals surface area contributed by atoms with Gasteiger partial charge in [-0.25, -0.2) is 0 Å². The first-order chi connectivity index (χ1) is 7.81. The maximum atomic E-state index is 5.87. The molecule has 6 heteroatoms. The van der Waals surface area contributed by atoms with Crippen molar-refractivity contribution in [3.05, 3.63) is 23.4 Å². The van der Waals surface area contributed by atoms with Crippen LogP contribution in [0.25, 0.3) is 10.7 Å². The Morgan fingerprint density at radius 1 is 1.62 bits per heavy atom. The smallest absolute Gasteiger partial charge is 0.243 e. The number of thiophene rings is 1. The van der Waals surface area contributed by atoms with Gasteiger partial charge in [-0.1, -0.05) is 11.2 Å². The van der Waals surface area contributed by atoms with E-state index in [0.29, 0.717) is 24.7 Å². The van der Waals surface area contributed by atoms with Crippen LogP contribution in [-0.2, 0) is 4.74 Å². The van der Waals surface area contributed by atoms with Crippen molar-refractivity contribution in [2.75, 3.05) is 13.7 Å². The quantitative estimate of drug-likeness (QED) is 0.861. The van der Waals surface area contributed by atoms with Gasteiger partial charge >= 0.3 is 0 Å². The third-order valence-electron chi connectivity index (χ3n) is 2.13. The average Bonchev–Trinajstić information content (AvgIpc) is 2.94. The predicted molar refractivity (Wildman–Crippen MR) is 61.0 cm³/mol. The van der Waals surface area contributed by atoms with Crippen molar-refractivity contribution < 1.29 is 9.26 Å². The molecular weight excluding hydrogens is 226 g/mol. The molecule has 0 aromatic carbocycles. The third kappa shape index (κ3) is 2.46. The van der Waals surface area contributed by atoms with Gasteiger partial charge in [-0.2, -0.15) is 4.98 Å².